The van der Waals surface area contributed by atoms with E-state index in [1.165, 1.54) is 5.06 Å². The summed E-state index contributed by atoms with van der Waals surface area (Å²) in [6.45, 7) is 2.64. The van der Waals surface area contributed by atoms with Crippen LogP contribution in [0.1, 0.15) is 25.9 Å². The van der Waals surface area contributed by atoms with Gasteiger partial charge in [0, 0.05) is 18.9 Å². The van der Waals surface area contributed by atoms with Crippen LogP contribution in [0.3, 0.4) is 0 Å². The normalized spacial score (nSPS) is 24.3. The lowest BCUT2D eigenvalue weighted by Crippen LogP contribution is -2.43. The molecule has 1 aliphatic heterocycles. The first kappa shape index (κ1) is 13.9. The van der Waals surface area contributed by atoms with E-state index in [0.717, 1.165) is 12.8 Å². The Labute approximate surface area is 113 Å². The summed E-state index contributed by atoms with van der Waals surface area (Å²) < 4.78 is 24.5. The van der Waals surface area contributed by atoms with Gasteiger partial charge in [-0.15, -0.1) is 5.06 Å². The van der Waals surface area contributed by atoms with Crippen LogP contribution in [0.25, 0.3) is 0 Å². The number of amides is 1. The van der Waals surface area contributed by atoms with Crippen LogP contribution in [0, 0.1) is 5.92 Å². The van der Waals surface area contributed by atoms with Crippen molar-refractivity contribution in [1.29, 1.82) is 0 Å². The number of piperidine rings is 1. The molecule has 0 spiro atoms. The number of aromatic nitrogens is 1. The van der Waals surface area contributed by atoms with Crippen molar-refractivity contribution in [1.82, 2.24) is 14.4 Å². The molecule has 19 heavy (non-hydrogen) atoms. The first-order valence-electron chi connectivity index (χ1n) is 6.08. The standard InChI is InChI=1S/C11H17N3O4S/c1-9-4-5-10(13-6-2-3-7-13)14(8-9)18-11(15)12-19(16)17/h2-3,6-7,9-10,19H,4-5,8H2,1H3,(H,12,15,16,17). The van der Waals surface area contributed by atoms with Crippen LogP contribution in [-0.4, -0.2) is 30.7 Å². The molecule has 2 rings (SSSR count). The van der Waals surface area contributed by atoms with Crippen molar-refractivity contribution in [2.24, 2.45) is 5.92 Å². The number of thiol groups is 1. The predicted molar refractivity (Wildman–Crippen MR) is 68.5 cm³/mol. The molecular formula is C11H17N3O4S. The number of carbonyl (C=O) groups is 1. The third-order valence-electron chi connectivity index (χ3n) is 3.10. The van der Waals surface area contributed by atoms with E-state index in [0.29, 0.717) is 12.5 Å². The SMILES string of the molecule is CC1CCC(n2cccc2)N(OC(=O)N[SH](=O)=O)C1. The van der Waals surface area contributed by atoms with E-state index in [1.807, 2.05) is 29.1 Å². The maximum atomic E-state index is 11.4. The average Bonchev–Trinajstić information content (AvgIpc) is 2.81. The Morgan fingerprint density at radius 2 is 2.00 bits per heavy atom. The van der Waals surface area contributed by atoms with Crippen LogP contribution in [0.4, 0.5) is 4.79 Å². The highest BCUT2D eigenvalue weighted by molar-refractivity contribution is 7.70. The number of hydrogen-bond acceptors (Lipinski definition) is 5. The minimum absolute atomic E-state index is 0.0959. The van der Waals surface area contributed by atoms with Gasteiger partial charge in [0.25, 0.3) is 0 Å². The third-order valence-corrected chi connectivity index (χ3v) is 3.46. The van der Waals surface area contributed by atoms with Crippen LogP contribution < -0.4 is 4.72 Å². The lowest BCUT2D eigenvalue weighted by molar-refractivity contribution is -0.176. The fourth-order valence-electron chi connectivity index (χ4n) is 2.24. The molecule has 1 aromatic rings. The fraction of sp³-hybridized carbons (Fsp3) is 0.545. The van der Waals surface area contributed by atoms with Gasteiger partial charge in [0.15, 0.2) is 0 Å². The van der Waals surface area contributed by atoms with Crippen molar-refractivity contribution < 1.29 is 18.0 Å². The summed E-state index contributed by atoms with van der Waals surface area (Å²) in [6, 6.07) is 3.79. The Bertz CT molecular complexity index is 492. The van der Waals surface area contributed by atoms with Gasteiger partial charge in [-0.1, -0.05) is 6.92 Å². The fourth-order valence-corrected chi connectivity index (χ4v) is 2.43. The highest BCUT2D eigenvalue weighted by Gasteiger charge is 2.30. The second-order valence-electron chi connectivity index (χ2n) is 4.64. The maximum absolute atomic E-state index is 11.4. The Balaban J connectivity index is 2.06. The number of nitrogens with zero attached hydrogens (tertiary/aromatic N) is 2. The monoisotopic (exact) mass is 287 g/mol. The molecule has 1 N–H and O–H groups in total. The van der Waals surface area contributed by atoms with Crippen molar-refractivity contribution in [2.45, 2.75) is 25.9 Å². The summed E-state index contributed by atoms with van der Waals surface area (Å²) in [7, 11) is -3.00. The summed E-state index contributed by atoms with van der Waals surface area (Å²) in [5, 5.41) is 1.53. The molecule has 106 valence electrons. The van der Waals surface area contributed by atoms with E-state index in [4.69, 9.17) is 4.84 Å². The van der Waals surface area contributed by atoms with Gasteiger partial charge in [-0.2, -0.15) is 0 Å². The number of hydrogen-bond donors (Lipinski definition) is 2. The minimum Gasteiger partial charge on any atom is -0.348 e. The third kappa shape index (κ3) is 3.71. The van der Waals surface area contributed by atoms with Crippen LogP contribution in [0.5, 0.6) is 0 Å². The van der Waals surface area contributed by atoms with Crippen molar-refractivity contribution in [3.05, 3.63) is 24.5 Å². The molecule has 0 aliphatic carbocycles. The van der Waals surface area contributed by atoms with E-state index in [2.05, 4.69) is 6.92 Å². The molecule has 2 heterocycles. The van der Waals surface area contributed by atoms with Crippen LogP contribution >= 0.6 is 0 Å². The molecule has 1 amide bonds. The van der Waals surface area contributed by atoms with Gasteiger partial charge in [-0.3, -0.25) is 0 Å². The number of nitrogens with one attached hydrogen (secondary N) is 1. The summed E-state index contributed by atoms with van der Waals surface area (Å²) in [5.74, 6) is 0.389. The van der Waals surface area contributed by atoms with Crippen LogP contribution in [-0.2, 0) is 15.7 Å². The molecule has 0 aromatic carbocycles. The van der Waals surface area contributed by atoms with E-state index >= 15 is 0 Å². The zero-order valence-electron chi connectivity index (χ0n) is 10.6. The highest BCUT2D eigenvalue weighted by atomic mass is 32.2. The van der Waals surface area contributed by atoms with Crippen molar-refractivity contribution >= 4 is 17.0 Å². The summed E-state index contributed by atoms with van der Waals surface area (Å²) in [6.07, 6.45) is 4.59. The molecular weight excluding hydrogens is 270 g/mol. The number of rotatable bonds is 3. The molecule has 7 nitrogen and oxygen atoms in total. The average molecular weight is 287 g/mol. The van der Waals surface area contributed by atoms with Crippen molar-refractivity contribution in [3.8, 4) is 0 Å². The Morgan fingerprint density at radius 3 is 2.63 bits per heavy atom. The smallest absolute Gasteiger partial charge is 0.348 e. The molecule has 0 radical (unpaired) electrons. The van der Waals surface area contributed by atoms with E-state index < -0.39 is 17.0 Å². The molecule has 2 unspecified atom stereocenters. The number of carbonyl (C=O) groups excluding carboxylic acids is 1. The van der Waals surface area contributed by atoms with Gasteiger partial charge in [0.05, 0.1) is 0 Å². The van der Waals surface area contributed by atoms with Crippen molar-refractivity contribution in [2.75, 3.05) is 6.54 Å². The quantitative estimate of drug-likeness (QED) is 0.807. The van der Waals surface area contributed by atoms with Crippen LogP contribution in [0.2, 0.25) is 0 Å². The largest absolute Gasteiger partial charge is 0.439 e. The lowest BCUT2D eigenvalue weighted by atomic mass is 9.99. The summed E-state index contributed by atoms with van der Waals surface area (Å²) >= 11 is 0. The van der Waals surface area contributed by atoms with Gasteiger partial charge in [-0.25, -0.2) is 17.9 Å². The lowest BCUT2D eigenvalue weighted by Gasteiger charge is -2.37. The van der Waals surface area contributed by atoms with Gasteiger partial charge >= 0.3 is 6.09 Å². The van der Waals surface area contributed by atoms with E-state index in [9.17, 15) is 13.2 Å². The van der Waals surface area contributed by atoms with Gasteiger partial charge in [0.1, 0.15) is 6.17 Å². The predicted octanol–water partition coefficient (Wildman–Crippen LogP) is 0.886. The Hall–Kier alpha value is -1.54. The summed E-state index contributed by atoms with van der Waals surface area (Å²) in [5.41, 5.74) is 0. The zero-order valence-corrected chi connectivity index (χ0v) is 11.5. The molecule has 0 saturated carbocycles. The summed E-state index contributed by atoms with van der Waals surface area (Å²) in [4.78, 5) is 16.5. The molecule has 8 heteroatoms. The molecule has 0 bridgehead atoms. The van der Waals surface area contributed by atoms with E-state index in [-0.39, 0.29) is 6.17 Å². The molecule has 1 aliphatic rings. The maximum Gasteiger partial charge on any atom is 0.439 e. The molecule has 1 aromatic heterocycles. The minimum atomic E-state index is -3.00. The molecule has 1 saturated heterocycles. The topological polar surface area (TPSA) is 80.6 Å². The molecule has 1 fully saturated rings. The first-order chi connectivity index (χ1) is 9.06. The molecule has 2 atom stereocenters. The first-order valence-corrected chi connectivity index (χ1v) is 7.26. The van der Waals surface area contributed by atoms with Gasteiger partial charge in [0.2, 0.25) is 10.9 Å². The second-order valence-corrected chi connectivity index (χ2v) is 5.38. The van der Waals surface area contributed by atoms with Crippen molar-refractivity contribution in [3.63, 3.8) is 0 Å². The van der Waals surface area contributed by atoms with Gasteiger partial charge < -0.3 is 9.40 Å². The Kier molecular flexibility index (Phi) is 4.43. The van der Waals surface area contributed by atoms with E-state index in [1.54, 1.807) is 4.72 Å². The Morgan fingerprint density at radius 1 is 1.32 bits per heavy atom. The zero-order chi connectivity index (χ0) is 13.8. The highest BCUT2D eigenvalue weighted by Crippen LogP contribution is 2.29. The van der Waals surface area contributed by atoms with Gasteiger partial charge in [-0.05, 0) is 30.9 Å². The second kappa shape index (κ2) is 6.07. The number of hydroxylamine groups is 2. The van der Waals surface area contributed by atoms with Crippen LogP contribution in [0.15, 0.2) is 24.5 Å².